The summed E-state index contributed by atoms with van der Waals surface area (Å²) in [6, 6.07) is 0. The Morgan fingerprint density at radius 2 is 1.54 bits per heavy atom. The van der Waals surface area contributed by atoms with Gasteiger partial charge in [-0.25, -0.2) is 0 Å². The number of esters is 2. The van der Waals surface area contributed by atoms with Gasteiger partial charge in [-0.2, -0.15) is 0 Å². The molecular weight excluding hydrogens is 356 g/mol. The number of carbonyl (C=O) groups is 2. The van der Waals surface area contributed by atoms with Gasteiger partial charge in [0, 0.05) is 12.4 Å². The van der Waals surface area contributed by atoms with Gasteiger partial charge in [-0.15, -0.1) is 0 Å². The van der Waals surface area contributed by atoms with E-state index in [0.29, 0.717) is 10.7 Å². The van der Waals surface area contributed by atoms with Gasteiger partial charge in [0.2, 0.25) is 0 Å². The standard InChI is InChI=1S/C18H26N2O5S/c1-17(2,3)24-15(21)14(16(22)25-18(4,5)6)12-10-19-9-11(20-12)8-13(26)23-7/h9-10,14H,8H2,1-7H3. The second-order valence-electron chi connectivity index (χ2n) is 7.69. The van der Waals surface area contributed by atoms with Gasteiger partial charge in [0.15, 0.2) is 11.0 Å². The van der Waals surface area contributed by atoms with E-state index in [2.05, 4.69) is 9.97 Å². The molecule has 0 aliphatic heterocycles. The number of methoxy groups -OCH3 is 1. The Morgan fingerprint density at radius 3 is 1.96 bits per heavy atom. The van der Waals surface area contributed by atoms with Gasteiger partial charge < -0.3 is 14.2 Å². The van der Waals surface area contributed by atoms with Crippen molar-refractivity contribution in [3.05, 3.63) is 23.8 Å². The number of thiocarbonyl (C=S) groups is 1. The van der Waals surface area contributed by atoms with Crippen LogP contribution in [-0.4, -0.2) is 45.3 Å². The van der Waals surface area contributed by atoms with E-state index in [-0.39, 0.29) is 12.1 Å². The normalized spacial score (nSPS) is 11.8. The molecule has 0 spiro atoms. The van der Waals surface area contributed by atoms with E-state index in [1.54, 1.807) is 41.5 Å². The number of carbonyl (C=O) groups excluding carboxylic acids is 2. The average molecular weight is 382 g/mol. The van der Waals surface area contributed by atoms with Crippen molar-refractivity contribution >= 4 is 29.2 Å². The van der Waals surface area contributed by atoms with Crippen molar-refractivity contribution in [2.75, 3.05) is 7.11 Å². The molecule has 0 aliphatic carbocycles. The summed E-state index contributed by atoms with van der Waals surface area (Å²) < 4.78 is 15.7. The van der Waals surface area contributed by atoms with E-state index < -0.39 is 29.1 Å². The van der Waals surface area contributed by atoms with Crippen LogP contribution < -0.4 is 0 Å². The summed E-state index contributed by atoms with van der Waals surface area (Å²) in [7, 11) is 1.46. The first-order valence-corrected chi connectivity index (χ1v) is 8.56. The smallest absolute Gasteiger partial charge is 0.327 e. The van der Waals surface area contributed by atoms with Crippen LogP contribution in [0.15, 0.2) is 12.4 Å². The Kier molecular flexibility index (Phi) is 7.20. The highest BCUT2D eigenvalue weighted by Crippen LogP contribution is 2.23. The average Bonchev–Trinajstić information content (AvgIpc) is 2.43. The van der Waals surface area contributed by atoms with E-state index in [0.717, 1.165) is 0 Å². The molecule has 7 nitrogen and oxygen atoms in total. The lowest BCUT2D eigenvalue weighted by Gasteiger charge is -2.26. The Balaban J connectivity index is 3.23. The molecule has 0 amide bonds. The first-order valence-electron chi connectivity index (χ1n) is 8.16. The predicted octanol–water partition coefficient (Wildman–Crippen LogP) is 2.76. The molecule has 0 saturated carbocycles. The van der Waals surface area contributed by atoms with Crippen molar-refractivity contribution in [2.45, 2.75) is 65.1 Å². The van der Waals surface area contributed by atoms with Crippen LogP contribution in [0.3, 0.4) is 0 Å². The second-order valence-corrected chi connectivity index (χ2v) is 8.14. The number of aromatic nitrogens is 2. The molecule has 0 atom stereocenters. The van der Waals surface area contributed by atoms with Gasteiger partial charge in [-0.05, 0) is 53.8 Å². The maximum Gasteiger partial charge on any atom is 0.327 e. The zero-order valence-corrected chi connectivity index (χ0v) is 17.1. The first kappa shape index (κ1) is 22.0. The molecule has 144 valence electrons. The zero-order valence-electron chi connectivity index (χ0n) is 16.3. The van der Waals surface area contributed by atoms with Crippen LogP contribution in [0.4, 0.5) is 0 Å². The van der Waals surface area contributed by atoms with Gasteiger partial charge in [0.05, 0.1) is 24.9 Å². The van der Waals surface area contributed by atoms with Crippen molar-refractivity contribution in [1.29, 1.82) is 0 Å². The number of hydrogen-bond donors (Lipinski definition) is 0. The topological polar surface area (TPSA) is 87.6 Å². The molecule has 1 rings (SSSR count). The third-order valence-corrected chi connectivity index (χ3v) is 3.15. The number of hydrogen-bond acceptors (Lipinski definition) is 8. The lowest BCUT2D eigenvalue weighted by atomic mass is 10.0. The molecule has 0 unspecified atom stereocenters. The Labute approximate surface area is 159 Å². The lowest BCUT2D eigenvalue weighted by molar-refractivity contribution is -0.169. The highest BCUT2D eigenvalue weighted by Gasteiger charge is 2.37. The zero-order chi connectivity index (χ0) is 20.1. The largest absolute Gasteiger partial charge is 0.490 e. The van der Waals surface area contributed by atoms with Gasteiger partial charge in [0.1, 0.15) is 11.2 Å². The molecule has 26 heavy (non-hydrogen) atoms. The first-order chi connectivity index (χ1) is 11.8. The summed E-state index contributed by atoms with van der Waals surface area (Å²) >= 11 is 5.02. The van der Waals surface area contributed by atoms with Crippen molar-refractivity contribution in [2.24, 2.45) is 0 Å². The van der Waals surface area contributed by atoms with Gasteiger partial charge in [-0.3, -0.25) is 19.6 Å². The van der Waals surface area contributed by atoms with Crippen LogP contribution in [0.25, 0.3) is 0 Å². The van der Waals surface area contributed by atoms with E-state index >= 15 is 0 Å². The quantitative estimate of drug-likeness (QED) is 0.436. The van der Waals surface area contributed by atoms with Crippen LogP contribution in [0, 0.1) is 0 Å². The third-order valence-electron chi connectivity index (χ3n) is 2.84. The highest BCUT2D eigenvalue weighted by molar-refractivity contribution is 7.80. The fraction of sp³-hybridized carbons (Fsp3) is 0.611. The van der Waals surface area contributed by atoms with Crippen molar-refractivity contribution in [3.8, 4) is 0 Å². The summed E-state index contributed by atoms with van der Waals surface area (Å²) in [6.45, 7) is 10.3. The maximum absolute atomic E-state index is 12.6. The molecule has 1 aromatic rings. The van der Waals surface area contributed by atoms with Crippen LogP contribution in [0.1, 0.15) is 58.8 Å². The minimum atomic E-state index is -1.34. The van der Waals surface area contributed by atoms with Gasteiger partial charge >= 0.3 is 11.9 Å². The molecule has 1 heterocycles. The molecule has 0 bridgehead atoms. The monoisotopic (exact) mass is 382 g/mol. The molecule has 0 aromatic carbocycles. The summed E-state index contributed by atoms with van der Waals surface area (Å²) in [5.41, 5.74) is -0.906. The molecular formula is C18H26N2O5S. The Morgan fingerprint density at radius 1 is 1.04 bits per heavy atom. The molecule has 0 saturated heterocycles. The molecule has 0 radical (unpaired) electrons. The maximum atomic E-state index is 12.6. The molecule has 0 aliphatic rings. The van der Waals surface area contributed by atoms with Crippen LogP contribution in [0.2, 0.25) is 0 Å². The number of nitrogens with zero attached hydrogens (tertiary/aromatic N) is 2. The fourth-order valence-electron chi connectivity index (χ4n) is 1.93. The van der Waals surface area contributed by atoms with Crippen molar-refractivity contribution < 1.29 is 23.8 Å². The van der Waals surface area contributed by atoms with E-state index in [4.69, 9.17) is 26.4 Å². The van der Waals surface area contributed by atoms with Crippen LogP contribution >= 0.6 is 12.2 Å². The molecule has 8 heteroatoms. The SMILES string of the molecule is COC(=S)Cc1cncc(C(C(=O)OC(C)(C)C)C(=O)OC(C)(C)C)n1. The minimum Gasteiger partial charge on any atom is -0.490 e. The highest BCUT2D eigenvalue weighted by atomic mass is 32.1. The summed E-state index contributed by atoms with van der Waals surface area (Å²) in [4.78, 5) is 33.7. The fourth-order valence-corrected chi connectivity index (χ4v) is 2.07. The van der Waals surface area contributed by atoms with Crippen LogP contribution in [-0.2, 0) is 30.2 Å². The van der Waals surface area contributed by atoms with Gasteiger partial charge in [-0.1, -0.05) is 0 Å². The van der Waals surface area contributed by atoms with Crippen LogP contribution in [0.5, 0.6) is 0 Å². The van der Waals surface area contributed by atoms with E-state index in [1.807, 2.05) is 0 Å². The Hall–Kier alpha value is -2.09. The lowest BCUT2D eigenvalue weighted by Crippen LogP contribution is -2.36. The summed E-state index contributed by atoms with van der Waals surface area (Å²) in [5, 5.41) is 0.322. The third kappa shape index (κ3) is 7.43. The summed E-state index contributed by atoms with van der Waals surface area (Å²) in [5.74, 6) is -2.82. The second kappa shape index (κ2) is 8.53. The molecule has 0 fully saturated rings. The molecule has 1 aromatic heterocycles. The summed E-state index contributed by atoms with van der Waals surface area (Å²) in [6.07, 6.45) is 3.08. The van der Waals surface area contributed by atoms with Crippen molar-refractivity contribution in [3.63, 3.8) is 0 Å². The van der Waals surface area contributed by atoms with E-state index in [1.165, 1.54) is 19.5 Å². The molecule has 0 N–H and O–H groups in total. The Bertz CT molecular complexity index is 649. The van der Waals surface area contributed by atoms with E-state index in [9.17, 15) is 9.59 Å². The minimum absolute atomic E-state index is 0.143. The van der Waals surface area contributed by atoms with Gasteiger partial charge in [0.25, 0.3) is 0 Å². The van der Waals surface area contributed by atoms with Crippen molar-refractivity contribution in [1.82, 2.24) is 9.97 Å². The predicted molar refractivity (Wildman–Crippen MR) is 99.8 cm³/mol. The number of rotatable bonds is 5. The number of ether oxygens (including phenoxy) is 3.